The number of carbonyl (C=O) groups excluding carboxylic acids is 1. The van der Waals surface area contributed by atoms with Crippen LogP contribution in [0.25, 0.3) is 0 Å². The second-order valence-electron chi connectivity index (χ2n) is 7.81. The van der Waals surface area contributed by atoms with Crippen LogP contribution >= 0.6 is 24.0 Å². The third-order valence-corrected chi connectivity index (χ3v) is 5.92. The van der Waals surface area contributed by atoms with Gasteiger partial charge in [-0.05, 0) is 38.2 Å². The first-order valence-corrected chi connectivity index (χ1v) is 10.6. The van der Waals surface area contributed by atoms with Crippen molar-refractivity contribution in [3.63, 3.8) is 0 Å². The molecule has 3 rings (SSSR count). The lowest BCUT2D eigenvalue weighted by molar-refractivity contribution is -0.129. The number of nitrogens with one attached hydrogen (secondary N) is 2. The summed E-state index contributed by atoms with van der Waals surface area (Å²) in [6.45, 7) is 6.18. The fourth-order valence-corrected chi connectivity index (χ4v) is 4.37. The van der Waals surface area contributed by atoms with E-state index in [4.69, 9.17) is 4.99 Å². The van der Waals surface area contributed by atoms with Crippen LogP contribution in [0.4, 0.5) is 0 Å². The minimum absolute atomic E-state index is 0. The normalized spacial score (nSPS) is 18.6. The molecule has 2 aliphatic rings. The van der Waals surface area contributed by atoms with E-state index in [1.807, 2.05) is 4.90 Å². The zero-order valence-electron chi connectivity index (χ0n) is 17.1. The lowest BCUT2D eigenvalue weighted by Crippen LogP contribution is -2.40. The van der Waals surface area contributed by atoms with Gasteiger partial charge in [0.25, 0.3) is 0 Å². The number of halogens is 1. The van der Waals surface area contributed by atoms with Crippen molar-refractivity contribution in [1.82, 2.24) is 15.5 Å². The van der Waals surface area contributed by atoms with Crippen LogP contribution in [0.3, 0.4) is 0 Å². The van der Waals surface area contributed by atoms with Crippen molar-refractivity contribution in [2.24, 2.45) is 4.99 Å². The molecule has 0 radical (unpaired) electrons. The zero-order chi connectivity index (χ0) is 19.0. The molecule has 1 aliphatic carbocycles. The third-order valence-electron chi connectivity index (χ3n) is 5.92. The molecule has 1 aliphatic heterocycles. The summed E-state index contributed by atoms with van der Waals surface area (Å²) in [4.78, 5) is 19.1. The minimum Gasteiger partial charge on any atom is -0.357 e. The van der Waals surface area contributed by atoms with Crippen LogP contribution in [-0.4, -0.2) is 49.5 Å². The first kappa shape index (κ1) is 23.0. The van der Waals surface area contributed by atoms with Gasteiger partial charge in [-0.25, -0.2) is 0 Å². The van der Waals surface area contributed by atoms with Crippen molar-refractivity contribution < 1.29 is 4.79 Å². The average molecular weight is 498 g/mol. The van der Waals surface area contributed by atoms with Gasteiger partial charge in [0.15, 0.2) is 5.96 Å². The predicted molar refractivity (Wildman–Crippen MR) is 126 cm³/mol. The molecule has 0 spiro atoms. The van der Waals surface area contributed by atoms with Gasteiger partial charge in [-0.3, -0.25) is 9.79 Å². The van der Waals surface area contributed by atoms with E-state index in [2.05, 4.69) is 47.9 Å². The van der Waals surface area contributed by atoms with Gasteiger partial charge in [-0.15, -0.1) is 24.0 Å². The zero-order valence-corrected chi connectivity index (χ0v) is 19.4. The molecule has 0 atom stereocenters. The molecule has 156 valence electrons. The van der Waals surface area contributed by atoms with Crippen LogP contribution in [0.5, 0.6) is 0 Å². The predicted octanol–water partition coefficient (Wildman–Crippen LogP) is 3.68. The smallest absolute Gasteiger partial charge is 0.224 e. The van der Waals surface area contributed by atoms with Crippen molar-refractivity contribution in [3.8, 4) is 0 Å². The molecule has 1 amide bonds. The van der Waals surface area contributed by atoms with Crippen LogP contribution in [0.15, 0.2) is 35.3 Å². The number of benzene rings is 1. The fraction of sp³-hybridized carbons (Fsp3) is 0.636. The molecule has 1 saturated heterocycles. The topological polar surface area (TPSA) is 56.7 Å². The van der Waals surface area contributed by atoms with Gasteiger partial charge < -0.3 is 15.5 Å². The minimum atomic E-state index is 0. The lowest BCUT2D eigenvalue weighted by Gasteiger charge is -2.28. The molecule has 2 fully saturated rings. The fourth-order valence-electron chi connectivity index (χ4n) is 4.37. The van der Waals surface area contributed by atoms with E-state index in [0.29, 0.717) is 13.0 Å². The van der Waals surface area contributed by atoms with E-state index < -0.39 is 0 Å². The van der Waals surface area contributed by atoms with Crippen LogP contribution in [-0.2, 0) is 10.2 Å². The Balaban J connectivity index is 0.00000280. The number of likely N-dealkylation sites (tertiary alicyclic amines) is 1. The largest absolute Gasteiger partial charge is 0.357 e. The highest BCUT2D eigenvalue weighted by Crippen LogP contribution is 2.41. The summed E-state index contributed by atoms with van der Waals surface area (Å²) in [5.74, 6) is 1.08. The first-order chi connectivity index (χ1) is 13.2. The summed E-state index contributed by atoms with van der Waals surface area (Å²) in [5, 5.41) is 6.69. The quantitative estimate of drug-likeness (QED) is 0.343. The summed E-state index contributed by atoms with van der Waals surface area (Å²) >= 11 is 0. The number of aliphatic imine (C=N–C) groups is 1. The Morgan fingerprint density at radius 1 is 1.07 bits per heavy atom. The molecule has 0 bridgehead atoms. The monoisotopic (exact) mass is 498 g/mol. The molecule has 0 aromatic heterocycles. The molecule has 1 heterocycles. The second-order valence-corrected chi connectivity index (χ2v) is 7.81. The van der Waals surface area contributed by atoms with Crippen LogP contribution in [0.2, 0.25) is 0 Å². The van der Waals surface area contributed by atoms with E-state index in [1.165, 1.54) is 31.2 Å². The summed E-state index contributed by atoms with van der Waals surface area (Å²) in [6, 6.07) is 10.8. The summed E-state index contributed by atoms with van der Waals surface area (Å²) in [5.41, 5.74) is 1.57. The van der Waals surface area contributed by atoms with Crippen LogP contribution < -0.4 is 10.6 Å². The van der Waals surface area contributed by atoms with Crippen molar-refractivity contribution in [2.45, 2.75) is 57.3 Å². The van der Waals surface area contributed by atoms with E-state index in [1.54, 1.807) is 0 Å². The number of nitrogens with zero attached hydrogens (tertiary/aromatic N) is 2. The molecule has 5 nitrogen and oxygen atoms in total. The molecule has 2 N–H and O–H groups in total. The highest BCUT2D eigenvalue weighted by atomic mass is 127. The van der Waals surface area contributed by atoms with E-state index >= 15 is 0 Å². The van der Waals surface area contributed by atoms with Crippen molar-refractivity contribution in [2.75, 3.05) is 32.7 Å². The molecular weight excluding hydrogens is 463 g/mol. The first-order valence-electron chi connectivity index (χ1n) is 10.6. The maximum atomic E-state index is 12.2. The Bertz CT molecular complexity index is 623. The maximum Gasteiger partial charge on any atom is 0.224 e. The number of guanidine groups is 1. The van der Waals surface area contributed by atoms with E-state index in [0.717, 1.165) is 45.0 Å². The molecule has 28 heavy (non-hydrogen) atoms. The Hall–Kier alpha value is -1.31. The number of hydrogen-bond acceptors (Lipinski definition) is 2. The van der Waals surface area contributed by atoms with Gasteiger partial charge in [0.2, 0.25) is 5.91 Å². The highest BCUT2D eigenvalue weighted by Gasteiger charge is 2.35. The van der Waals surface area contributed by atoms with Crippen LogP contribution in [0.1, 0.15) is 57.4 Å². The Morgan fingerprint density at radius 3 is 2.39 bits per heavy atom. The summed E-state index contributed by atoms with van der Waals surface area (Å²) < 4.78 is 0. The van der Waals surface area contributed by atoms with Crippen molar-refractivity contribution >= 4 is 35.8 Å². The van der Waals surface area contributed by atoms with Gasteiger partial charge >= 0.3 is 0 Å². The summed E-state index contributed by atoms with van der Waals surface area (Å²) in [6.07, 6.45) is 7.78. The number of rotatable bonds is 7. The summed E-state index contributed by atoms with van der Waals surface area (Å²) in [7, 11) is 0. The number of amides is 1. The van der Waals surface area contributed by atoms with Gasteiger partial charge in [-0.2, -0.15) is 0 Å². The van der Waals surface area contributed by atoms with Gasteiger partial charge in [-0.1, -0.05) is 43.2 Å². The second kappa shape index (κ2) is 11.6. The lowest BCUT2D eigenvalue weighted by atomic mass is 9.79. The highest BCUT2D eigenvalue weighted by molar-refractivity contribution is 14.0. The Kier molecular flexibility index (Phi) is 9.55. The SMILES string of the molecule is CCNC(=NCC1(c2ccccc2)CCCC1)NCCC(=O)N1CCCC1.I. The molecule has 1 aromatic rings. The third kappa shape index (κ3) is 6.09. The van der Waals surface area contributed by atoms with Gasteiger partial charge in [0.05, 0.1) is 6.54 Å². The molecule has 6 heteroatoms. The van der Waals surface area contributed by atoms with E-state index in [-0.39, 0.29) is 35.3 Å². The molecule has 1 aromatic carbocycles. The average Bonchev–Trinajstić information content (AvgIpc) is 3.39. The van der Waals surface area contributed by atoms with Crippen LogP contribution in [0, 0.1) is 0 Å². The Labute approximate surface area is 186 Å². The molecule has 0 unspecified atom stereocenters. The van der Waals surface area contributed by atoms with Gasteiger partial charge in [0, 0.05) is 38.0 Å². The van der Waals surface area contributed by atoms with E-state index in [9.17, 15) is 4.79 Å². The van der Waals surface area contributed by atoms with Crippen molar-refractivity contribution in [1.29, 1.82) is 0 Å². The Morgan fingerprint density at radius 2 is 1.75 bits per heavy atom. The number of hydrogen-bond donors (Lipinski definition) is 2. The van der Waals surface area contributed by atoms with Gasteiger partial charge in [0.1, 0.15) is 0 Å². The molecule has 1 saturated carbocycles. The maximum absolute atomic E-state index is 12.2. The number of carbonyl (C=O) groups is 1. The standard InChI is InChI=1S/C22H34N4O.HI/c1-2-23-21(24-15-12-20(27)26-16-8-9-17-26)25-18-22(13-6-7-14-22)19-10-4-3-5-11-19;/h3-5,10-11H,2,6-9,12-18H2,1H3,(H2,23,24,25);1H. The van der Waals surface area contributed by atoms with Crippen molar-refractivity contribution in [3.05, 3.63) is 35.9 Å². The molecular formula is C22H35IN4O.